The number of rotatable bonds is 6. The molecule has 0 saturated heterocycles. The van der Waals surface area contributed by atoms with E-state index in [-0.39, 0.29) is 12.0 Å². The number of nitrogens with zero attached hydrogens (tertiary/aromatic N) is 1. The molecule has 0 heterocycles. The summed E-state index contributed by atoms with van der Waals surface area (Å²) in [6, 6.07) is 11.5. The number of phenols is 1. The molecule has 2 rings (SSSR count). The lowest BCUT2D eigenvalue weighted by Gasteiger charge is -2.18. The molecule has 0 spiro atoms. The number of carbonyl (C=O) groups excluding carboxylic acids is 2. The maximum Gasteiger partial charge on any atom is 0.412 e. The Hall–Kier alpha value is -3.90. The predicted molar refractivity (Wildman–Crippen MR) is 95.8 cm³/mol. The van der Waals surface area contributed by atoms with E-state index in [1.807, 2.05) is 6.07 Å². The van der Waals surface area contributed by atoms with Gasteiger partial charge in [-0.2, -0.15) is 5.26 Å². The topological polar surface area (TPSA) is 132 Å². The summed E-state index contributed by atoms with van der Waals surface area (Å²) in [7, 11) is 0. The number of ether oxygens (including phenoxy) is 1. The van der Waals surface area contributed by atoms with E-state index < -0.39 is 29.7 Å². The van der Waals surface area contributed by atoms with E-state index >= 15 is 0 Å². The molecule has 0 aliphatic heterocycles. The van der Waals surface area contributed by atoms with Gasteiger partial charge in [-0.25, -0.2) is 14.7 Å². The molecule has 28 heavy (non-hydrogen) atoms. The molecule has 2 amide bonds. The fourth-order valence-corrected chi connectivity index (χ4v) is 2.22. The van der Waals surface area contributed by atoms with Crippen molar-refractivity contribution < 1.29 is 29.0 Å². The molecular weight excluding hydrogens is 369 g/mol. The second kappa shape index (κ2) is 9.70. The van der Waals surface area contributed by atoms with Gasteiger partial charge in [0.15, 0.2) is 11.6 Å². The molecule has 4 N–H and O–H groups in total. The number of nitriles is 1. The van der Waals surface area contributed by atoms with Crippen LogP contribution in [0.3, 0.4) is 0 Å². The quantitative estimate of drug-likeness (QED) is 0.343. The molecule has 9 heteroatoms. The lowest BCUT2D eigenvalue weighted by molar-refractivity contribution is -0.124. The first kappa shape index (κ1) is 20.4. The number of nitrogens with one attached hydrogen (secondary N) is 2. The van der Waals surface area contributed by atoms with Crippen LogP contribution in [-0.4, -0.2) is 22.3 Å². The molecule has 0 aliphatic carbocycles. The highest BCUT2D eigenvalue weighted by Crippen LogP contribution is 2.26. The Kier molecular flexibility index (Phi) is 7.07. The largest absolute Gasteiger partial charge is 0.505 e. The monoisotopic (exact) mass is 385 g/mol. The normalized spacial score (nSPS) is 11.5. The smallest absolute Gasteiger partial charge is 0.412 e. The van der Waals surface area contributed by atoms with Gasteiger partial charge >= 0.3 is 6.09 Å². The zero-order valence-electron chi connectivity index (χ0n) is 14.4. The second-order valence-corrected chi connectivity index (χ2v) is 5.53. The van der Waals surface area contributed by atoms with E-state index in [4.69, 9.17) is 15.2 Å². The maximum absolute atomic E-state index is 13.7. The highest BCUT2D eigenvalue weighted by Gasteiger charge is 2.18. The van der Waals surface area contributed by atoms with E-state index in [0.29, 0.717) is 11.3 Å². The molecular formula is C19H16FN3O5. The Labute approximate surface area is 159 Å². The highest BCUT2D eigenvalue weighted by molar-refractivity contribution is 5.86. The number of halogens is 1. The molecule has 0 unspecified atom stereocenters. The molecule has 2 aromatic carbocycles. The van der Waals surface area contributed by atoms with Gasteiger partial charge in [0.2, 0.25) is 0 Å². The minimum absolute atomic E-state index is 0.00156. The molecule has 0 aliphatic rings. The SMILES string of the molecule is N#Cc1ccc(NC(=O)O[C@@H](C/C=C/C(=O)NO)c2ccc(O)c(F)c2)cc1. The first-order valence-corrected chi connectivity index (χ1v) is 7.99. The van der Waals surface area contributed by atoms with Gasteiger partial charge in [0.1, 0.15) is 6.10 Å². The van der Waals surface area contributed by atoms with Crippen LogP contribution < -0.4 is 10.8 Å². The first-order valence-electron chi connectivity index (χ1n) is 7.99. The Bertz CT molecular complexity index is 922. The van der Waals surface area contributed by atoms with Crippen molar-refractivity contribution in [3.8, 4) is 11.8 Å². The minimum atomic E-state index is -0.976. The van der Waals surface area contributed by atoms with Crippen molar-refractivity contribution in [3.63, 3.8) is 0 Å². The summed E-state index contributed by atoms with van der Waals surface area (Å²) in [5.41, 5.74) is 2.47. The van der Waals surface area contributed by atoms with Gasteiger partial charge in [0, 0.05) is 18.2 Å². The van der Waals surface area contributed by atoms with Crippen LogP contribution in [0.4, 0.5) is 14.9 Å². The zero-order chi connectivity index (χ0) is 20.5. The fourth-order valence-electron chi connectivity index (χ4n) is 2.22. The number of hydrogen-bond acceptors (Lipinski definition) is 6. The zero-order valence-corrected chi connectivity index (χ0v) is 14.4. The Morgan fingerprint density at radius 2 is 1.96 bits per heavy atom. The Morgan fingerprint density at radius 3 is 2.57 bits per heavy atom. The van der Waals surface area contributed by atoms with E-state index in [2.05, 4.69) is 5.32 Å². The van der Waals surface area contributed by atoms with E-state index in [1.165, 1.54) is 41.9 Å². The van der Waals surface area contributed by atoms with Gasteiger partial charge in [0.25, 0.3) is 5.91 Å². The van der Waals surface area contributed by atoms with Crippen LogP contribution in [0.1, 0.15) is 23.7 Å². The van der Waals surface area contributed by atoms with Crippen LogP contribution >= 0.6 is 0 Å². The lowest BCUT2D eigenvalue weighted by Crippen LogP contribution is -2.18. The summed E-state index contributed by atoms with van der Waals surface area (Å²) in [6.45, 7) is 0. The standard InChI is InChI=1S/C19H16FN3O5/c20-15-10-13(6-9-16(15)24)17(2-1-3-18(25)23-27)28-19(26)22-14-7-4-12(11-21)5-8-14/h1,3-10,17,24,27H,2H2,(H,22,26)(H,23,25)/b3-1+/t17-/m0/s1. The molecule has 0 aromatic heterocycles. The number of benzene rings is 2. The van der Waals surface area contributed by atoms with E-state index in [0.717, 1.165) is 18.2 Å². The molecule has 0 radical (unpaired) electrons. The highest BCUT2D eigenvalue weighted by atomic mass is 19.1. The van der Waals surface area contributed by atoms with Crippen LogP contribution in [0.2, 0.25) is 0 Å². The molecule has 2 aromatic rings. The van der Waals surface area contributed by atoms with Crippen molar-refractivity contribution in [2.24, 2.45) is 0 Å². The number of carbonyl (C=O) groups is 2. The Balaban J connectivity index is 2.13. The van der Waals surface area contributed by atoms with Crippen LogP contribution in [0.15, 0.2) is 54.6 Å². The molecule has 0 bridgehead atoms. The molecule has 0 fully saturated rings. The molecule has 1 atom stereocenters. The van der Waals surface area contributed by atoms with E-state index in [1.54, 1.807) is 0 Å². The number of hydrogen-bond donors (Lipinski definition) is 4. The van der Waals surface area contributed by atoms with Gasteiger partial charge in [-0.1, -0.05) is 12.1 Å². The van der Waals surface area contributed by atoms with Gasteiger partial charge in [-0.3, -0.25) is 15.3 Å². The van der Waals surface area contributed by atoms with Crippen LogP contribution in [0, 0.1) is 17.1 Å². The lowest BCUT2D eigenvalue weighted by atomic mass is 10.1. The average molecular weight is 385 g/mol. The molecule has 0 saturated carbocycles. The fraction of sp³-hybridized carbons (Fsp3) is 0.105. The van der Waals surface area contributed by atoms with E-state index in [9.17, 15) is 19.1 Å². The third-order valence-electron chi connectivity index (χ3n) is 3.58. The number of anilines is 1. The minimum Gasteiger partial charge on any atom is -0.505 e. The van der Waals surface area contributed by atoms with Crippen molar-refractivity contribution >= 4 is 17.7 Å². The molecule has 8 nitrogen and oxygen atoms in total. The first-order chi connectivity index (χ1) is 13.4. The summed E-state index contributed by atoms with van der Waals surface area (Å²) < 4.78 is 19.0. The molecule has 144 valence electrons. The van der Waals surface area contributed by atoms with Gasteiger partial charge in [-0.05, 0) is 42.0 Å². The van der Waals surface area contributed by atoms with Crippen LogP contribution in [0.5, 0.6) is 5.75 Å². The van der Waals surface area contributed by atoms with Crippen molar-refractivity contribution in [1.29, 1.82) is 5.26 Å². The summed E-state index contributed by atoms with van der Waals surface area (Å²) in [5, 5.41) is 29.0. The second-order valence-electron chi connectivity index (χ2n) is 5.53. The Morgan fingerprint density at radius 1 is 1.25 bits per heavy atom. The van der Waals surface area contributed by atoms with Gasteiger partial charge < -0.3 is 9.84 Å². The van der Waals surface area contributed by atoms with Gasteiger partial charge in [0.05, 0.1) is 11.6 Å². The van der Waals surface area contributed by atoms with Crippen LogP contribution in [0.25, 0.3) is 0 Å². The summed E-state index contributed by atoms with van der Waals surface area (Å²) in [5.74, 6) is -2.23. The van der Waals surface area contributed by atoms with Crippen molar-refractivity contribution in [2.75, 3.05) is 5.32 Å². The maximum atomic E-state index is 13.7. The summed E-state index contributed by atoms with van der Waals surface area (Å²) in [4.78, 5) is 23.2. The third-order valence-corrected chi connectivity index (χ3v) is 3.58. The van der Waals surface area contributed by atoms with Crippen molar-refractivity contribution in [2.45, 2.75) is 12.5 Å². The summed E-state index contributed by atoms with van der Waals surface area (Å²) >= 11 is 0. The number of hydroxylamine groups is 1. The summed E-state index contributed by atoms with van der Waals surface area (Å²) in [6.07, 6.45) is 0.527. The van der Waals surface area contributed by atoms with Crippen LogP contribution in [-0.2, 0) is 9.53 Å². The van der Waals surface area contributed by atoms with Crippen molar-refractivity contribution in [1.82, 2.24) is 5.48 Å². The average Bonchev–Trinajstić information content (AvgIpc) is 2.69. The third kappa shape index (κ3) is 5.82. The van der Waals surface area contributed by atoms with Crippen molar-refractivity contribution in [3.05, 3.63) is 71.6 Å². The number of phenolic OH excluding ortho intramolecular Hbond substituents is 1. The predicted octanol–water partition coefficient (Wildman–Crippen LogP) is 3.14. The number of aromatic hydroxyl groups is 1. The number of amides is 2. The van der Waals surface area contributed by atoms with Gasteiger partial charge in [-0.15, -0.1) is 0 Å².